The van der Waals surface area contributed by atoms with E-state index in [4.69, 9.17) is 14.2 Å². The average Bonchev–Trinajstić information content (AvgIpc) is 3.22. The standard InChI is InChI=1S/C25H29FN4O6S/c1-25(2,3)36-24(31)29-10-15-12-34-13-16(11-29)21(15)35-23-18-7-8-30(22(18)27-14-28-23)20-6-5-17(9-19(20)26)37(4,32)33/h5-9,14-16,21H,10-13H2,1-4H3. The van der Waals surface area contributed by atoms with Crippen LogP contribution in [0.1, 0.15) is 20.8 Å². The second kappa shape index (κ2) is 9.25. The Labute approximate surface area is 214 Å². The van der Waals surface area contributed by atoms with Crippen LogP contribution in [0.5, 0.6) is 5.88 Å². The van der Waals surface area contributed by atoms with Crippen molar-refractivity contribution >= 4 is 27.0 Å². The van der Waals surface area contributed by atoms with Crippen LogP contribution in [-0.2, 0) is 19.3 Å². The van der Waals surface area contributed by atoms with Gasteiger partial charge in [-0.2, -0.15) is 0 Å². The number of rotatable bonds is 4. The van der Waals surface area contributed by atoms with Gasteiger partial charge in [-0.3, -0.25) is 4.57 Å². The Hall–Kier alpha value is -3.25. The molecule has 0 N–H and O–H groups in total. The summed E-state index contributed by atoms with van der Waals surface area (Å²) in [5.41, 5.74) is -0.00743. The molecule has 2 bridgehead atoms. The second-order valence-corrected chi connectivity index (χ2v) is 12.5. The average molecular weight is 533 g/mol. The van der Waals surface area contributed by atoms with E-state index in [-0.39, 0.29) is 34.6 Å². The molecule has 4 heterocycles. The minimum absolute atomic E-state index is 0.0758. The van der Waals surface area contributed by atoms with E-state index in [0.717, 1.165) is 12.3 Å². The number of fused-ring (bicyclic) bond motifs is 3. The lowest BCUT2D eigenvalue weighted by atomic mass is 9.84. The van der Waals surface area contributed by atoms with Gasteiger partial charge in [0.2, 0.25) is 5.88 Å². The van der Waals surface area contributed by atoms with Gasteiger partial charge in [0.1, 0.15) is 23.8 Å². The molecule has 0 spiro atoms. The first-order valence-corrected chi connectivity index (χ1v) is 13.8. The second-order valence-electron chi connectivity index (χ2n) is 10.5. The van der Waals surface area contributed by atoms with Gasteiger partial charge in [-0.1, -0.05) is 0 Å². The monoisotopic (exact) mass is 532 g/mol. The first kappa shape index (κ1) is 25.4. The van der Waals surface area contributed by atoms with Gasteiger partial charge in [-0.15, -0.1) is 0 Å². The van der Waals surface area contributed by atoms with Crippen molar-refractivity contribution in [2.24, 2.45) is 11.8 Å². The number of halogens is 1. The zero-order valence-corrected chi connectivity index (χ0v) is 21.9. The van der Waals surface area contributed by atoms with Gasteiger partial charge in [-0.25, -0.2) is 27.6 Å². The van der Waals surface area contributed by atoms with E-state index in [2.05, 4.69) is 9.97 Å². The molecule has 2 saturated heterocycles. The van der Waals surface area contributed by atoms with E-state index in [1.807, 2.05) is 20.8 Å². The fourth-order valence-corrected chi connectivity index (χ4v) is 5.46. The van der Waals surface area contributed by atoms with Crippen LogP contribution in [-0.4, -0.2) is 78.2 Å². The van der Waals surface area contributed by atoms with E-state index >= 15 is 0 Å². The summed E-state index contributed by atoms with van der Waals surface area (Å²) in [6.45, 7) is 7.25. The summed E-state index contributed by atoms with van der Waals surface area (Å²) >= 11 is 0. The molecule has 1 aromatic carbocycles. The quantitative estimate of drug-likeness (QED) is 0.503. The predicted molar refractivity (Wildman–Crippen MR) is 132 cm³/mol. The molecule has 0 radical (unpaired) electrons. The lowest BCUT2D eigenvalue weighted by Crippen LogP contribution is -2.59. The lowest BCUT2D eigenvalue weighted by molar-refractivity contribution is -0.112. The third-order valence-electron chi connectivity index (χ3n) is 6.45. The number of carbonyl (C=O) groups excluding carboxylic acids is 1. The molecule has 0 saturated carbocycles. The zero-order chi connectivity index (χ0) is 26.5. The van der Waals surface area contributed by atoms with Gasteiger partial charge < -0.3 is 19.1 Å². The molecule has 1 amide bonds. The van der Waals surface area contributed by atoms with Crippen LogP contribution in [0.25, 0.3) is 16.7 Å². The number of benzene rings is 1. The Morgan fingerprint density at radius 2 is 1.84 bits per heavy atom. The smallest absolute Gasteiger partial charge is 0.410 e. The van der Waals surface area contributed by atoms with Crippen molar-refractivity contribution in [3.05, 3.63) is 42.6 Å². The maximum atomic E-state index is 14.9. The van der Waals surface area contributed by atoms with Crippen LogP contribution in [0, 0.1) is 17.7 Å². The maximum Gasteiger partial charge on any atom is 0.410 e. The molecule has 2 aliphatic rings. The fraction of sp³-hybridized carbons (Fsp3) is 0.480. The van der Waals surface area contributed by atoms with Crippen molar-refractivity contribution in [2.75, 3.05) is 32.6 Å². The Bertz CT molecular complexity index is 1440. The number of amides is 1. The highest BCUT2D eigenvalue weighted by molar-refractivity contribution is 7.90. The molecular formula is C25H29FN4O6S. The van der Waals surface area contributed by atoms with E-state index in [9.17, 15) is 17.6 Å². The number of aromatic nitrogens is 3. The Morgan fingerprint density at radius 3 is 2.46 bits per heavy atom. The number of hydrogen-bond acceptors (Lipinski definition) is 8. The minimum Gasteiger partial charge on any atom is -0.473 e. The van der Waals surface area contributed by atoms with Crippen LogP contribution in [0.4, 0.5) is 9.18 Å². The molecule has 2 fully saturated rings. The molecule has 198 valence electrons. The maximum absolute atomic E-state index is 14.9. The van der Waals surface area contributed by atoms with Crippen molar-refractivity contribution in [3.8, 4) is 11.6 Å². The van der Waals surface area contributed by atoms with Crippen LogP contribution in [0.15, 0.2) is 41.7 Å². The molecule has 0 aliphatic carbocycles. The third kappa shape index (κ3) is 5.12. The van der Waals surface area contributed by atoms with Crippen LogP contribution >= 0.6 is 0 Å². The molecule has 2 atom stereocenters. The van der Waals surface area contributed by atoms with Gasteiger partial charge in [0.05, 0.1) is 29.2 Å². The summed E-state index contributed by atoms with van der Waals surface area (Å²) in [6, 6.07) is 5.49. The Kier molecular flexibility index (Phi) is 6.35. The van der Waals surface area contributed by atoms with Gasteiger partial charge in [0.25, 0.3) is 0 Å². The molecule has 2 aliphatic heterocycles. The summed E-state index contributed by atoms with van der Waals surface area (Å²) in [5.74, 6) is -0.492. The first-order valence-electron chi connectivity index (χ1n) is 11.9. The van der Waals surface area contributed by atoms with E-state index in [0.29, 0.717) is 43.2 Å². The number of ether oxygens (including phenoxy) is 3. The highest BCUT2D eigenvalue weighted by Crippen LogP contribution is 2.34. The SMILES string of the molecule is CC(C)(C)OC(=O)N1CC2COCC(C1)C2Oc1ncnc2c1ccn2-c1ccc(S(C)(=O)=O)cc1F. The van der Waals surface area contributed by atoms with E-state index in [1.165, 1.54) is 23.0 Å². The van der Waals surface area contributed by atoms with E-state index < -0.39 is 21.3 Å². The first-order chi connectivity index (χ1) is 17.4. The topological polar surface area (TPSA) is 113 Å². The minimum atomic E-state index is -3.54. The number of nitrogens with zero attached hydrogens (tertiary/aromatic N) is 4. The van der Waals surface area contributed by atoms with Gasteiger partial charge in [0.15, 0.2) is 15.5 Å². The summed E-state index contributed by atoms with van der Waals surface area (Å²) < 4.78 is 57.7. The fourth-order valence-electron chi connectivity index (χ4n) is 4.83. The zero-order valence-electron chi connectivity index (χ0n) is 21.0. The van der Waals surface area contributed by atoms with Crippen molar-refractivity contribution in [1.82, 2.24) is 19.4 Å². The highest BCUT2D eigenvalue weighted by atomic mass is 32.2. The number of sulfone groups is 1. The third-order valence-corrected chi connectivity index (χ3v) is 7.56. The molecule has 10 nitrogen and oxygen atoms in total. The summed E-state index contributed by atoms with van der Waals surface area (Å²) in [5, 5.41) is 0.586. The van der Waals surface area contributed by atoms with Crippen LogP contribution < -0.4 is 4.74 Å². The number of carbonyl (C=O) groups is 1. The van der Waals surface area contributed by atoms with Crippen molar-refractivity contribution in [3.63, 3.8) is 0 Å². The molecular weight excluding hydrogens is 503 g/mol. The largest absolute Gasteiger partial charge is 0.473 e. The molecule has 3 aromatic rings. The van der Waals surface area contributed by atoms with Crippen molar-refractivity contribution in [1.29, 1.82) is 0 Å². The number of likely N-dealkylation sites (tertiary alicyclic amines) is 1. The molecule has 37 heavy (non-hydrogen) atoms. The van der Waals surface area contributed by atoms with Gasteiger partial charge in [0, 0.05) is 37.4 Å². The normalized spacial score (nSPS) is 22.2. The lowest BCUT2D eigenvalue weighted by Gasteiger charge is -2.46. The van der Waals surface area contributed by atoms with Crippen molar-refractivity contribution in [2.45, 2.75) is 37.4 Å². The Balaban J connectivity index is 1.40. The molecule has 12 heteroatoms. The van der Waals surface area contributed by atoms with Crippen LogP contribution in [0.2, 0.25) is 0 Å². The summed E-state index contributed by atoms with van der Waals surface area (Å²) in [7, 11) is -3.54. The predicted octanol–water partition coefficient (Wildman–Crippen LogP) is 3.22. The van der Waals surface area contributed by atoms with Gasteiger partial charge >= 0.3 is 6.09 Å². The number of piperidine rings is 1. The Morgan fingerprint density at radius 1 is 1.14 bits per heavy atom. The van der Waals surface area contributed by atoms with Gasteiger partial charge in [-0.05, 0) is 45.0 Å². The number of hydrogen-bond donors (Lipinski definition) is 0. The van der Waals surface area contributed by atoms with Crippen LogP contribution in [0.3, 0.4) is 0 Å². The van der Waals surface area contributed by atoms with E-state index in [1.54, 1.807) is 17.2 Å². The summed E-state index contributed by atoms with van der Waals surface area (Å²) in [4.78, 5) is 22.9. The molecule has 2 aromatic heterocycles. The van der Waals surface area contributed by atoms with Crippen molar-refractivity contribution < 1.29 is 31.8 Å². The summed E-state index contributed by atoms with van der Waals surface area (Å²) in [6.07, 6.45) is 3.42. The highest BCUT2D eigenvalue weighted by Gasteiger charge is 2.44. The molecule has 5 rings (SSSR count). The molecule has 2 unspecified atom stereocenters.